The van der Waals surface area contributed by atoms with Gasteiger partial charge < -0.3 is 15.2 Å². The minimum Gasteiger partial charge on any atom is -0.478 e. The van der Waals surface area contributed by atoms with Gasteiger partial charge in [-0.2, -0.15) is 4.98 Å². The van der Waals surface area contributed by atoms with Crippen LogP contribution in [0.25, 0.3) is 0 Å². The first-order valence-corrected chi connectivity index (χ1v) is 7.14. The summed E-state index contributed by atoms with van der Waals surface area (Å²) in [5.41, 5.74) is 1.69. The van der Waals surface area contributed by atoms with Crippen molar-refractivity contribution < 1.29 is 9.84 Å². The van der Waals surface area contributed by atoms with Crippen LogP contribution in [0.15, 0.2) is 36.4 Å². The molecule has 0 saturated heterocycles. The number of aliphatic hydroxyl groups is 1. The fourth-order valence-electron chi connectivity index (χ4n) is 1.88. The highest BCUT2D eigenvalue weighted by Gasteiger charge is 2.08. The maximum atomic E-state index is 10.1. The summed E-state index contributed by atoms with van der Waals surface area (Å²) in [6, 6.07) is 11.3. The van der Waals surface area contributed by atoms with Crippen molar-refractivity contribution in [3.8, 4) is 5.88 Å². The van der Waals surface area contributed by atoms with Crippen LogP contribution in [0.2, 0.25) is 0 Å². The Hall–Kier alpha value is -2.14. The van der Waals surface area contributed by atoms with E-state index in [1.165, 1.54) is 0 Å². The molecule has 0 aliphatic heterocycles. The standard InChI is InChI=1S/C16H21N3O2/c1-3-9-21-15-10-12(2)18-16(19-15)17-11-14(20)13-7-5-4-6-8-13/h4-8,10,14,20H,3,9,11H2,1-2H3,(H,17,18,19). The minimum absolute atomic E-state index is 0.348. The van der Waals surface area contributed by atoms with E-state index in [-0.39, 0.29) is 0 Å². The number of ether oxygens (including phenoxy) is 1. The molecule has 0 bridgehead atoms. The Morgan fingerprint density at radius 1 is 1.24 bits per heavy atom. The van der Waals surface area contributed by atoms with Crippen molar-refractivity contribution in [1.82, 2.24) is 9.97 Å². The molecule has 0 radical (unpaired) electrons. The summed E-state index contributed by atoms with van der Waals surface area (Å²) in [5, 5.41) is 13.2. The second-order valence-electron chi connectivity index (χ2n) is 4.83. The largest absolute Gasteiger partial charge is 0.478 e. The van der Waals surface area contributed by atoms with Gasteiger partial charge in [-0.1, -0.05) is 37.3 Å². The Labute approximate surface area is 125 Å². The van der Waals surface area contributed by atoms with Gasteiger partial charge in [0.25, 0.3) is 0 Å². The number of aliphatic hydroxyl groups excluding tert-OH is 1. The monoisotopic (exact) mass is 287 g/mol. The lowest BCUT2D eigenvalue weighted by atomic mass is 10.1. The van der Waals surface area contributed by atoms with Gasteiger partial charge in [0, 0.05) is 18.3 Å². The maximum Gasteiger partial charge on any atom is 0.226 e. The van der Waals surface area contributed by atoms with Crippen LogP contribution in [0.4, 0.5) is 5.95 Å². The quantitative estimate of drug-likeness (QED) is 0.819. The van der Waals surface area contributed by atoms with Crippen molar-refractivity contribution >= 4 is 5.95 Å². The van der Waals surface area contributed by atoms with Crippen LogP contribution >= 0.6 is 0 Å². The molecular weight excluding hydrogens is 266 g/mol. The first-order valence-electron chi connectivity index (χ1n) is 7.14. The van der Waals surface area contributed by atoms with Crippen LogP contribution in [0.3, 0.4) is 0 Å². The predicted octanol–water partition coefficient (Wildman–Crippen LogP) is 2.72. The highest BCUT2D eigenvalue weighted by atomic mass is 16.5. The second kappa shape index (κ2) is 7.59. The molecule has 112 valence electrons. The van der Waals surface area contributed by atoms with Gasteiger partial charge in [-0.05, 0) is 18.9 Å². The number of aryl methyl sites for hydroxylation is 1. The number of nitrogens with one attached hydrogen (secondary N) is 1. The molecule has 1 atom stereocenters. The Morgan fingerprint density at radius 2 is 2.00 bits per heavy atom. The Balaban J connectivity index is 1.97. The molecule has 2 rings (SSSR count). The van der Waals surface area contributed by atoms with E-state index in [0.29, 0.717) is 25.0 Å². The molecule has 0 spiro atoms. The summed E-state index contributed by atoms with van der Waals surface area (Å²) < 4.78 is 5.51. The number of hydrogen-bond acceptors (Lipinski definition) is 5. The van der Waals surface area contributed by atoms with Crippen LogP contribution in [-0.4, -0.2) is 28.2 Å². The van der Waals surface area contributed by atoms with Gasteiger partial charge in [0.2, 0.25) is 11.8 Å². The van der Waals surface area contributed by atoms with E-state index in [2.05, 4.69) is 15.3 Å². The van der Waals surface area contributed by atoms with Crippen LogP contribution in [0, 0.1) is 6.92 Å². The van der Waals surface area contributed by atoms with Gasteiger partial charge >= 0.3 is 0 Å². The third-order valence-electron chi connectivity index (χ3n) is 2.92. The molecule has 5 nitrogen and oxygen atoms in total. The zero-order chi connectivity index (χ0) is 15.1. The molecule has 21 heavy (non-hydrogen) atoms. The number of aromatic nitrogens is 2. The zero-order valence-electron chi connectivity index (χ0n) is 12.4. The van der Waals surface area contributed by atoms with Crippen molar-refractivity contribution in [3.63, 3.8) is 0 Å². The Morgan fingerprint density at radius 3 is 2.71 bits per heavy atom. The number of anilines is 1. The summed E-state index contributed by atoms with van der Waals surface area (Å²) in [4.78, 5) is 8.58. The Kier molecular flexibility index (Phi) is 5.51. The van der Waals surface area contributed by atoms with Crippen molar-refractivity contribution in [2.75, 3.05) is 18.5 Å². The van der Waals surface area contributed by atoms with E-state index in [9.17, 15) is 5.11 Å². The summed E-state index contributed by atoms with van der Waals surface area (Å²) in [5.74, 6) is 1.03. The van der Waals surface area contributed by atoms with Gasteiger partial charge in [0.15, 0.2) is 0 Å². The third kappa shape index (κ3) is 4.72. The normalized spacial score (nSPS) is 12.0. The Bertz CT molecular complexity index is 561. The average molecular weight is 287 g/mol. The van der Waals surface area contributed by atoms with Crippen LogP contribution in [-0.2, 0) is 0 Å². The smallest absolute Gasteiger partial charge is 0.226 e. The van der Waals surface area contributed by atoms with Gasteiger partial charge in [-0.25, -0.2) is 4.98 Å². The summed E-state index contributed by atoms with van der Waals surface area (Å²) >= 11 is 0. The maximum absolute atomic E-state index is 10.1. The number of rotatable bonds is 7. The van der Waals surface area contributed by atoms with Crippen LogP contribution < -0.4 is 10.1 Å². The van der Waals surface area contributed by atoms with E-state index in [4.69, 9.17) is 4.74 Å². The van der Waals surface area contributed by atoms with Gasteiger partial charge in [0.05, 0.1) is 12.7 Å². The molecule has 1 unspecified atom stereocenters. The minimum atomic E-state index is -0.602. The van der Waals surface area contributed by atoms with Crippen LogP contribution in [0.5, 0.6) is 5.88 Å². The van der Waals surface area contributed by atoms with Crippen LogP contribution in [0.1, 0.15) is 30.7 Å². The van der Waals surface area contributed by atoms with E-state index < -0.39 is 6.10 Å². The van der Waals surface area contributed by atoms with Crippen molar-refractivity contribution in [2.24, 2.45) is 0 Å². The zero-order valence-corrected chi connectivity index (χ0v) is 12.4. The van der Waals surface area contributed by atoms with Gasteiger partial charge in [-0.15, -0.1) is 0 Å². The molecule has 0 fully saturated rings. The highest BCUT2D eigenvalue weighted by molar-refractivity contribution is 5.31. The lowest BCUT2D eigenvalue weighted by Gasteiger charge is -2.13. The molecule has 0 amide bonds. The summed E-state index contributed by atoms with van der Waals surface area (Å²) in [6.07, 6.45) is 0.328. The number of hydrogen-bond donors (Lipinski definition) is 2. The van der Waals surface area contributed by atoms with E-state index >= 15 is 0 Å². The van der Waals surface area contributed by atoms with E-state index in [0.717, 1.165) is 17.7 Å². The number of benzene rings is 1. The van der Waals surface area contributed by atoms with E-state index in [1.807, 2.05) is 44.2 Å². The fraction of sp³-hybridized carbons (Fsp3) is 0.375. The van der Waals surface area contributed by atoms with Crippen molar-refractivity contribution in [3.05, 3.63) is 47.7 Å². The lowest BCUT2D eigenvalue weighted by Crippen LogP contribution is -2.14. The molecule has 5 heteroatoms. The molecule has 1 aromatic heterocycles. The van der Waals surface area contributed by atoms with Crippen molar-refractivity contribution in [2.45, 2.75) is 26.4 Å². The molecule has 0 aliphatic carbocycles. The van der Waals surface area contributed by atoms with Gasteiger partial charge in [0.1, 0.15) is 0 Å². The molecule has 2 N–H and O–H groups in total. The number of nitrogens with zero attached hydrogens (tertiary/aromatic N) is 2. The lowest BCUT2D eigenvalue weighted by molar-refractivity contribution is 0.191. The molecular formula is C16H21N3O2. The first-order chi connectivity index (χ1) is 10.2. The molecule has 0 saturated carbocycles. The molecule has 2 aromatic rings. The summed E-state index contributed by atoms with van der Waals surface area (Å²) in [7, 11) is 0. The van der Waals surface area contributed by atoms with E-state index in [1.54, 1.807) is 6.07 Å². The molecule has 1 aromatic carbocycles. The fourth-order valence-corrected chi connectivity index (χ4v) is 1.88. The third-order valence-corrected chi connectivity index (χ3v) is 2.92. The average Bonchev–Trinajstić information content (AvgIpc) is 2.51. The molecule has 0 aliphatic rings. The van der Waals surface area contributed by atoms with Gasteiger partial charge in [-0.3, -0.25) is 0 Å². The summed E-state index contributed by atoms with van der Waals surface area (Å²) in [6.45, 7) is 4.91. The molecule has 1 heterocycles. The topological polar surface area (TPSA) is 67.3 Å². The van der Waals surface area contributed by atoms with Crippen molar-refractivity contribution in [1.29, 1.82) is 0 Å². The highest BCUT2D eigenvalue weighted by Crippen LogP contribution is 2.15. The predicted molar refractivity (Wildman–Crippen MR) is 82.4 cm³/mol. The first kappa shape index (κ1) is 15.3. The second-order valence-corrected chi connectivity index (χ2v) is 4.83. The SMILES string of the molecule is CCCOc1cc(C)nc(NCC(O)c2ccccc2)n1.